The molecular formula is C35H60F3NO3. The van der Waals surface area contributed by atoms with E-state index in [0.29, 0.717) is 11.8 Å². The van der Waals surface area contributed by atoms with Gasteiger partial charge in [0.1, 0.15) is 11.4 Å². The van der Waals surface area contributed by atoms with Gasteiger partial charge in [0.05, 0.1) is 0 Å². The molecule has 1 aromatic rings. The lowest BCUT2D eigenvalue weighted by molar-refractivity contribution is -0.274. The molecule has 1 aromatic carbocycles. The first-order chi connectivity index (χ1) is 19.5. The Labute approximate surface area is 255 Å². The number of benzene rings is 1. The molecule has 0 N–H and O–H groups in total. The third kappa shape index (κ3) is 16.9. The van der Waals surface area contributed by atoms with E-state index in [0.717, 1.165) is 31.4 Å². The normalized spacial score (nSPS) is 18.5. The van der Waals surface area contributed by atoms with Crippen LogP contribution in [0.2, 0.25) is 0 Å². The SMILES string of the molecule is CC.CC.CCC(C)=C(/C=C(/C)C(C)CC)C1CCN(C(=O)OC(C)(C)C)C(C)C1.Cc1ccc(OC(F)(F)F)cc1. The summed E-state index contributed by atoms with van der Waals surface area (Å²) in [6.07, 6.45) is 1.95. The highest BCUT2D eigenvalue weighted by Crippen LogP contribution is 2.34. The van der Waals surface area contributed by atoms with Crippen LogP contribution in [0, 0.1) is 18.8 Å². The monoisotopic (exact) mass is 599 g/mol. The lowest BCUT2D eigenvalue weighted by Crippen LogP contribution is -2.47. The van der Waals surface area contributed by atoms with Crippen LogP contribution in [-0.2, 0) is 4.74 Å². The molecule has 1 amide bonds. The number of hydrogen-bond acceptors (Lipinski definition) is 3. The van der Waals surface area contributed by atoms with Gasteiger partial charge in [-0.3, -0.25) is 0 Å². The number of nitrogens with zero attached hydrogens (tertiary/aromatic N) is 1. The van der Waals surface area contributed by atoms with Gasteiger partial charge in [-0.1, -0.05) is 83.4 Å². The molecule has 7 heteroatoms. The zero-order valence-electron chi connectivity index (χ0n) is 29.0. The standard InChI is InChI=1S/C23H41NO2.C8H7F3O.2C2H6/c1-10-16(3)18(5)14-21(17(4)11-2)20-12-13-24(19(6)15-20)22(25)26-23(7,8)9;1-6-2-4-7(5-3-6)12-8(9,10)11;2*1-2/h14,16,19-20H,10-13,15H2,1-9H3;2-5H,1H3;2*1-2H3/b18-14-,21-17?;;;. The first-order valence-electron chi connectivity index (χ1n) is 15.7. The lowest BCUT2D eigenvalue weighted by atomic mass is 9.81. The number of alkyl halides is 3. The van der Waals surface area contributed by atoms with Gasteiger partial charge in [0.15, 0.2) is 0 Å². The third-order valence-electron chi connectivity index (χ3n) is 6.99. The van der Waals surface area contributed by atoms with Gasteiger partial charge in [-0.05, 0) is 104 Å². The van der Waals surface area contributed by atoms with Gasteiger partial charge in [-0.2, -0.15) is 0 Å². The van der Waals surface area contributed by atoms with Crippen molar-refractivity contribution in [3.63, 3.8) is 0 Å². The summed E-state index contributed by atoms with van der Waals surface area (Å²) in [4.78, 5) is 14.4. The molecule has 0 aliphatic carbocycles. The van der Waals surface area contributed by atoms with Crippen LogP contribution in [0.25, 0.3) is 0 Å². The van der Waals surface area contributed by atoms with Gasteiger partial charge in [0, 0.05) is 12.6 Å². The van der Waals surface area contributed by atoms with Gasteiger partial charge in [-0.25, -0.2) is 4.79 Å². The number of likely N-dealkylation sites (tertiary alicyclic amines) is 1. The molecule has 1 aliphatic rings. The molecule has 4 nitrogen and oxygen atoms in total. The van der Waals surface area contributed by atoms with Crippen LogP contribution in [0.1, 0.15) is 121 Å². The van der Waals surface area contributed by atoms with Crippen molar-refractivity contribution in [3.05, 3.63) is 52.6 Å². The minimum Gasteiger partial charge on any atom is -0.444 e. The summed E-state index contributed by atoms with van der Waals surface area (Å²) in [6, 6.07) is 5.88. The molecule has 0 aromatic heterocycles. The molecule has 1 aliphatic heterocycles. The smallest absolute Gasteiger partial charge is 0.444 e. The van der Waals surface area contributed by atoms with Crippen molar-refractivity contribution in [1.82, 2.24) is 4.90 Å². The maximum Gasteiger partial charge on any atom is 0.573 e. The van der Waals surface area contributed by atoms with Crippen LogP contribution in [0.4, 0.5) is 18.0 Å². The predicted octanol–water partition coefficient (Wildman–Crippen LogP) is 11.7. The fourth-order valence-electron chi connectivity index (χ4n) is 4.29. The summed E-state index contributed by atoms with van der Waals surface area (Å²) in [5.41, 5.74) is 4.91. The van der Waals surface area contributed by atoms with E-state index in [-0.39, 0.29) is 17.9 Å². The number of piperidine rings is 1. The average molecular weight is 600 g/mol. The van der Waals surface area contributed by atoms with Gasteiger partial charge >= 0.3 is 12.5 Å². The Hall–Kier alpha value is -2.44. The Kier molecular flexibility index (Phi) is 20.3. The van der Waals surface area contributed by atoms with Crippen LogP contribution in [0.15, 0.2) is 47.1 Å². The maximum atomic E-state index is 12.5. The van der Waals surface area contributed by atoms with Crippen LogP contribution < -0.4 is 4.74 Å². The Balaban J connectivity index is 0. The first-order valence-corrected chi connectivity index (χ1v) is 15.7. The second kappa shape index (κ2) is 20.5. The molecular weight excluding hydrogens is 539 g/mol. The summed E-state index contributed by atoms with van der Waals surface area (Å²) in [6.45, 7) is 29.8. The number of aryl methyl sites for hydroxylation is 1. The van der Waals surface area contributed by atoms with E-state index < -0.39 is 12.0 Å². The van der Waals surface area contributed by atoms with Gasteiger partial charge in [0.2, 0.25) is 0 Å². The predicted molar refractivity (Wildman–Crippen MR) is 172 cm³/mol. The fraction of sp³-hybridized carbons (Fsp3) is 0.686. The number of halogens is 3. The quantitative estimate of drug-likeness (QED) is 0.305. The van der Waals surface area contributed by atoms with Crippen molar-refractivity contribution in [3.8, 4) is 5.75 Å². The van der Waals surface area contributed by atoms with Crippen LogP contribution >= 0.6 is 0 Å². The maximum absolute atomic E-state index is 12.5. The Morgan fingerprint density at radius 3 is 1.98 bits per heavy atom. The number of ether oxygens (including phenoxy) is 2. The highest BCUT2D eigenvalue weighted by Gasteiger charge is 2.33. The van der Waals surface area contributed by atoms with E-state index in [1.807, 2.05) is 53.4 Å². The zero-order valence-corrected chi connectivity index (χ0v) is 29.0. The van der Waals surface area contributed by atoms with Crippen molar-refractivity contribution in [2.24, 2.45) is 11.8 Å². The lowest BCUT2D eigenvalue weighted by Gasteiger charge is -2.39. The number of carbonyl (C=O) groups excluding carboxylic acids is 1. The largest absolute Gasteiger partial charge is 0.573 e. The van der Waals surface area contributed by atoms with Crippen molar-refractivity contribution >= 4 is 6.09 Å². The summed E-state index contributed by atoms with van der Waals surface area (Å²) in [5.74, 6) is 0.963. The van der Waals surface area contributed by atoms with E-state index in [9.17, 15) is 18.0 Å². The molecule has 244 valence electrons. The molecule has 42 heavy (non-hydrogen) atoms. The van der Waals surface area contributed by atoms with Gasteiger partial charge < -0.3 is 14.4 Å². The molecule has 0 bridgehead atoms. The second-order valence-electron chi connectivity index (χ2n) is 11.4. The van der Waals surface area contributed by atoms with Crippen LogP contribution in [-0.4, -0.2) is 35.5 Å². The summed E-state index contributed by atoms with van der Waals surface area (Å²) in [7, 11) is 0. The zero-order chi connectivity index (χ0) is 33.3. The van der Waals surface area contributed by atoms with Crippen molar-refractivity contribution in [2.75, 3.05) is 6.54 Å². The summed E-state index contributed by atoms with van der Waals surface area (Å²) >= 11 is 0. The molecule has 0 radical (unpaired) electrons. The Bertz CT molecular complexity index is 944. The van der Waals surface area contributed by atoms with E-state index in [2.05, 4.69) is 52.4 Å². The molecule has 1 heterocycles. The highest BCUT2D eigenvalue weighted by atomic mass is 19.4. The second-order valence-corrected chi connectivity index (χ2v) is 11.4. The average Bonchev–Trinajstić information content (AvgIpc) is 2.92. The van der Waals surface area contributed by atoms with Crippen LogP contribution in [0.3, 0.4) is 0 Å². The molecule has 0 saturated carbocycles. The molecule has 0 spiro atoms. The molecule has 1 fully saturated rings. The molecule has 3 atom stereocenters. The van der Waals surface area contributed by atoms with Crippen molar-refractivity contribution in [2.45, 2.75) is 141 Å². The topological polar surface area (TPSA) is 38.8 Å². The Morgan fingerprint density at radius 2 is 1.57 bits per heavy atom. The highest BCUT2D eigenvalue weighted by molar-refractivity contribution is 5.68. The van der Waals surface area contributed by atoms with E-state index in [1.54, 1.807) is 19.1 Å². The van der Waals surface area contributed by atoms with E-state index in [4.69, 9.17) is 4.74 Å². The third-order valence-corrected chi connectivity index (χ3v) is 6.99. The minimum absolute atomic E-state index is 0.174. The van der Waals surface area contributed by atoms with Gasteiger partial charge in [0.25, 0.3) is 0 Å². The Morgan fingerprint density at radius 1 is 1.05 bits per heavy atom. The molecule has 2 rings (SSSR count). The summed E-state index contributed by atoms with van der Waals surface area (Å²) < 4.78 is 44.1. The van der Waals surface area contributed by atoms with Crippen LogP contribution in [0.5, 0.6) is 5.75 Å². The number of rotatable bonds is 6. The molecule has 3 unspecified atom stereocenters. The number of carbonyl (C=O) groups is 1. The van der Waals surface area contributed by atoms with Crippen molar-refractivity contribution < 1.29 is 27.4 Å². The number of amides is 1. The first kappa shape index (κ1) is 41.7. The molecule has 1 saturated heterocycles. The van der Waals surface area contributed by atoms with E-state index >= 15 is 0 Å². The van der Waals surface area contributed by atoms with Gasteiger partial charge in [-0.15, -0.1) is 13.2 Å². The minimum atomic E-state index is -4.60. The van der Waals surface area contributed by atoms with E-state index in [1.165, 1.54) is 35.3 Å². The number of hydrogen-bond donors (Lipinski definition) is 0. The van der Waals surface area contributed by atoms with Crippen molar-refractivity contribution in [1.29, 1.82) is 0 Å². The summed E-state index contributed by atoms with van der Waals surface area (Å²) in [5, 5.41) is 0. The number of allylic oxidation sites excluding steroid dienone is 4. The fourth-order valence-corrected chi connectivity index (χ4v) is 4.29.